The minimum Gasteiger partial charge on any atom is -0.0654 e. The third-order valence-electron chi connectivity index (χ3n) is 9.19. The van der Waals surface area contributed by atoms with Crippen molar-refractivity contribution in [3.05, 3.63) is 35.4 Å². The van der Waals surface area contributed by atoms with Crippen molar-refractivity contribution in [1.29, 1.82) is 0 Å². The lowest BCUT2D eigenvalue weighted by Gasteiger charge is -2.43. The highest BCUT2D eigenvalue weighted by Crippen LogP contribution is 2.48. The molecule has 29 heavy (non-hydrogen) atoms. The van der Waals surface area contributed by atoms with Crippen molar-refractivity contribution in [3.63, 3.8) is 0 Å². The lowest BCUT2D eigenvalue weighted by atomic mass is 9.63. The molecule has 0 amide bonds. The highest BCUT2D eigenvalue weighted by Gasteiger charge is 2.36. The Morgan fingerprint density at radius 1 is 0.655 bits per heavy atom. The summed E-state index contributed by atoms with van der Waals surface area (Å²) in [6, 6.07) is 9.44. The summed E-state index contributed by atoms with van der Waals surface area (Å²) < 4.78 is 0. The van der Waals surface area contributed by atoms with E-state index in [9.17, 15) is 0 Å². The molecule has 3 fully saturated rings. The molecule has 4 rings (SSSR count). The zero-order valence-electron chi connectivity index (χ0n) is 19.4. The van der Waals surface area contributed by atoms with Crippen LogP contribution >= 0.6 is 0 Å². The van der Waals surface area contributed by atoms with E-state index < -0.39 is 0 Å². The summed E-state index contributed by atoms with van der Waals surface area (Å²) in [6.45, 7) is 4.55. The van der Waals surface area contributed by atoms with Crippen LogP contribution in [-0.4, -0.2) is 0 Å². The second-order valence-electron chi connectivity index (χ2n) is 11.2. The van der Waals surface area contributed by atoms with Crippen molar-refractivity contribution in [1.82, 2.24) is 0 Å². The van der Waals surface area contributed by atoms with Crippen molar-refractivity contribution in [2.24, 2.45) is 29.6 Å². The first-order valence-corrected chi connectivity index (χ1v) is 13.3. The molecule has 162 valence electrons. The van der Waals surface area contributed by atoms with Crippen LogP contribution in [-0.2, 0) is 0 Å². The molecule has 0 heterocycles. The van der Waals surface area contributed by atoms with Gasteiger partial charge in [0.1, 0.15) is 0 Å². The van der Waals surface area contributed by atoms with Gasteiger partial charge in [0.15, 0.2) is 0 Å². The van der Waals surface area contributed by atoms with Gasteiger partial charge in [-0.25, -0.2) is 0 Å². The van der Waals surface area contributed by atoms with Crippen LogP contribution in [0.15, 0.2) is 24.3 Å². The summed E-state index contributed by atoms with van der Waals surface area (Å²) in [5.41, 5.74) is 3.02. The standard InChI is InChI=1S/C29H46/c1-3-4-5-23-8-10-24(11-9-23)12-13-25-14-17-29-21-28(19-18-27(29)20-25)26-15-6-22(2)7-16-26/h6-7,15-16,23-25,27-29H,3-5,8-14,17-21H2,1-2H3. The molecule has 0 bridgehead atoms. The van der Waals surface area contributed by atoms with Crippen molar-refractivity contribution >= 4 is 0 Å². The quantitative estimate of drug-likeness (QED) is 0.432. The number of fused-ring (bicyclic) bond motifs is 1. The number of aryl methyl sites for hydroxylation is 1. The summed E-state index contributed by atoms with van der Waals surface area (Å²) in [6.07, 6.45) is 22.7. The fourth-order valence-electron chi connectivity index (χ4n) is 7.16. The number of benzene rings is 1. The van der Waals surface area contributed by atoms with E-state index in [1.165, 1.54) is 56.9 Å². The van der Waals surface area contributed by atoms with Crippen molar-refractivity contribution in [2.75, 3.05) is 0 Å². The maximum Gasteiger partial charge on any atom is -0.0159 e. The molecule has 1 aromatic carbocycles. The van der Waals surface area contributed by atoms with Gasteiger partial charge in [0.2, 0.25) is 0 Å². The Labute approximate surface area is 181 Å². The predicted octanol–water partition coefficient (Wildman–Crippen LogP) is 9.07. The molecule has 0 nitrogen and oxygen atoms in total. The fraction of sp³-hybridized carbons (Fsp3) is 0.793. The van der Waals surface area contributed by atoms with Crippen LogP contribution in [0.3, 0.4) is 0 Å². The van der Waals surface area contributed by atoms with E-state index in [4.69, 9.17) is 0 Å². The van der Waals surface area contributed by atoms with Crippen LogP contribution in [0.1, 0.15) is 120 Å². The van der Waals surface area contributed by atoms with Crippen LogP contribution in [0.5, 0.6) is 0 Å². The molecule has 4 unspecified atom stereocenters. The Kier molecular flexibility index (Phi) is 7.77. The van der Waals surface area contributed by atoms with Gasteiger partial charge in [0.05, 0.1) is 0 Å². The van der Waals surface area contributed by atoms with Crippen molar-refractivity contribution in [2.45, 2.75) is 116 Å². The van der Waals surface area contributed by atoms with E-state index >= 15 is 0 Å². The molecule has 3 saturated carbocycles. The van der Waals surface area contributed by atoms with Gasteiger partial charge in [0, 0.05) is 0 Å². The van der Waals surface area contributed by atoms with E-state index in [0.717, 1.165) is 35.5 Å². The highest BCUT2D eigenvalue weighted by molar-refractivity contribution is 5.25. The first-order chi connectivity index (χ1) is 14.2. The minimum absolute atomic E-state index is 0.844. The van der Waals surface area contributed by atoms with Gasteiger partial charge in [-0.3, -0.25) is 0 Å². The van der Waals surface area contributed by atoms with Gasteiger partial charge in [-0.15, -0.1) is 0 Å². The number of rotatable bonds is 7. The fourth-order valence-corrected chi connectivity index (χ4v) is 7.16. The van der Waals surface area contributed by atoms with Crippen molar-refractivity contribution in [3.8, 4) is 0 Å². The molecule has 1 aromatic rings. The van der Waals surface area contributed by atoms with Crippen LogP contribution in [0.2, 0.25) is 0 Å². The van der Waals surface area contributed by atoms with E-state index in [1.54, 1.807) is 50.5 Å². The molecule has 4 atom stereocenters. The lowest BCUT2D eigenvalue weighted by Crippen LogP contribution is -2.30. The topological polar surface area (TPSA) is 0 Å². The zero-order valence-corrected chi connectivity index (χ0v) is 19.4. The molecule has 0 heteroatoms. The Bertz CT molecular complexity index is 591. The van der Waals surface area contributed by atoms with Crippen LogP contribution in [0.4, 0.5) is 0 Å². The summed E-state index contributed by atoms with van der Waals surface area (Å²) in [7, 11) is 0. The Morgan fingerprint density at radius 2 is 1.24 bits per heavy atom. The van der Waals surface area contributed by atoms with E-state index in [0.29, 0.717) is 0 Å². The molecule has 0 aromatic heterocycles. The predicted molar refractivity (Wildman–Crippen MR) is 126 cm³/mol. The first-order valence-electron chi connectivity index (χ1n) is 13.3. The molecular formula is C29H46. The average molecular weight is 395 g/mol. The first kappa shape index (κ1) is 21.5. The summed E-state index contributed by atoms with van der Waals surface area (Å²) in [4.78, 5) is 0. The van der Waals surface area contributed by atoms with Gasteiger partial charge < -0.3 is 0 Å². The molecule has 0 aliphatic heterocycles. The van der Waals surface area contributed by atoms with Crippen LogP contribution in [0, 0.1) is 36.5 Å². The molecule has 0 N–H and O–H groups in total. The van der Waals surface area contributed by atoms with Gasteiger partial charge in [-0.1, -0.05) is 101 Å². The normalized spacial score (nSPS) is 35.2. The third kappa shape index (κ3) is 5.89. The Balaban J connectivity index is 1.17. The zero-order chi connectivity index (χ0) is 20.1. The second kappa shape index (κ2) is 10.5. The van der Waals surface area contributed by atoms with Crippen LogP contribution < -0.4 is 0 Å². The molecule has 3 aliphatic carbocycles. The second-order valence-corrected chi connectivity index (χ2v) is 11.2. The molecule has 0 saturated heterocycles. The minimum atomic E-state index is 0.844. The Morgan fingerprint density at radius 3 is 1.97 bits per heavy atom. The Hall–Kier alpha value is -0.780. The van der Waals surface area contributed by atoms with Crippen molar-refractivity contribution < 1.29 is 0 Å². The number of hydrogen-bond donors (Lipinski definition) is 0. The lowest BCUT2D eigenvalue weighted by molar-refractivity contribution is 0.108. The number of hydrogen-bond acceptors (Lipinski definition) is 0. The molecule has 0 spiro atoms. The maximum absolute atomic E-state index is 2.41. The summed E-state index contributed by atoms with van der Waals surface area (Å²) in [5.74, 6) is 6.13. The summed E-state index contributed by atoms with van der Waals surface area (Å²) >= 11 is 0. The molecular weight excluding hydrogens is 348 g/mol. The van der Waals surface area contributed by atoms with E-state index in [-0.39, 0.29) is 0 Å². The SMILES string of the molecule is CCCCC1CCC(CCC2CCC3CC(c4ccc(C)cc4)CCC3C2)CC1. The highest BCUT2D eigenvalue weighted by atomic mass is 14.4. The summed E-state index contributed by atoms with van der Waals surface area (Å²) in [5, 5.41) is 0. The smallest absolute Gasteiger partial charge is 0.0159 e. The number of unbranched alkanes of at least 4 members (excludes halogenated alkanes) is 1. The monoisotopic (exact) mass is 394 g/mol. The van der Waals surface area contributed by atoms with Gasteiger partial charge in [-0.05, 0) is 80.1 Å². The largest absolute Gasteiger partial charge is 0.0654 e. The van der Waals surface area contributed by atoms with Gasteiger partial charge in [0.25, 0.3) is 0 Å². The van der Waals surface area contributed by atoms with Crippen LogP contribution in [0.25, 0.3) is 0 Å². The molecule has 0 radical (unpaired) electrons. The third-order valence-corrected chi connectivity index (χ3v) is 9.19. The van der Waals surface area contributed by atoms with E-state index in [1.807, 2.05) is 0 Å². The van der Waals surface area contributed by atoms with E-state index in [2.05, 4.69) is 38.1 Å². The molecule has 3 aliphatic rings. The van der Waals surface area contributed by atoms with Gasteiger partial charge in [-0.2, -0.15) is 0 Å². The maximum atomic E-state index is 2.41. The average Bonchev–Trinajstić information content (AvgIpc) is 2.77. The van der Waals surface area contributed by atoms with Gasteiger partial charge >= 0.3 is 0 Å².